The van der Waals surface area contributed by atoms with Crippen LogP contribution in [0.2, 0.25) is 0 Å². The molecule has 2 fully saturated rings. The molecule has 1 heterocycles. The molecule has 0 bridgehead atoms. The Balaban J connectivity index is 0. The Morgan fingerprint density at radius 1 is 1.29 bits per heavy atom. The molecule has 1 atom stereocenters. The second-order valence-corrected chi connectivity index (χ2v) is 3.77. The summed E-state index contributed by atoms with van der Waals surface area (Å²) >= 11 is 0. The third kappa shape index (κ3) is 2.90. The zero-order valence-electron chi connectivity index (χ0n) is 10.2. The molecule has 0 aromatic rings. The van der Waals surface area contributed by atoms with Crippen LogP contribution in [0.3, 0.4) is 0 Å². The van der Waals surface area contributed by atoms with Gasteiger partial charge >= 0.3 is 0 Å². The summed E-state index contributed by atoms with van der Waals surface area (Å²) in [4.78, 5) is 11.5. The maximum atomic E-state index is 11.5. The molecule has 0 amide bonds. The monoisotopic (exact) mass is 368 g/mol. The number of nitrogens with zero attached hydrogens (tertiary/aromatic N) is 1. The maximum absolute atomic E-state index is 11.5. The van der Waals surface area contributed by atoms with Gasteiger partial charge in [-0.3, -0.25) is 4.79 Å². The van der Waals surface area contributed by atoms with Crippen LogP contribution in [0.15, 0.2) is 0 Å². The van der Waals surface area contributed by atoms with Gasteiger partial charge < -0.3 is 6.74 Å². The Labute approximate surface area is 103 Å². The minimum Gasteiger partial charge on any atom is -1.00 e. The third-order valence-corrected chi connectivity index (χ3v) is 3.04. The van der Waals surface area contributed by atoms with Crippen LogP contribution >= 0.6 is 0 Å². The minimum absolute atomic E-state index is 0. The fourth-order valence-corrected chi connectivity index (χ4v) is 2.32. The van der Waals surface area contributed by atoms with Crippen LogP contribution in [0, 0.1) is 5.41 Å². The Bertz CT molecular complexity index is 181. The van der Waals surface area contributed by atoms with Crippen molar-refractivity contribution in [3.05, 3.63) is 5.32 Å². The number of hydrogen-bond donors (Lipinski definition) is 0. The molecule has 0 N–H and O–H groups in total. The van der Waals surface area contributed by atoms with E-state index in [1.165, 1.54) is 0 Å². The zero-order valence-corrected chi connectivity index (χ0v) is 12.1. The van der Waals surface area contributed by atoms with Crippen molar-refractivity contribution in [3.8, 4) is 0 Å². The smallest absolute Gasteiger partial charge is 0.137 e. The number of piperidine rings is 1. The summed E-state index contributed by atoms with van der Waals surface area (Å²) in [6.45, 7) is 5.81. The van der Waals surface area contributed by atoms with Crippen molar-refractivity contribution in [2.45, 2.75) is 46.0 Å². The third-order valence-electron chi connectivity index (χ3n) is 3.04. The standard InChI is InChI=1S/C9H14NO.C2H6.W.H/c11-8-3-1-4-9(8)5-2-6-10-7-9;1-2;;/h1-7H2;1-2H3;;/q-1;;;-1/i;;;1+1. The SMILES string of the molecule is CC.O=C1CCCC12CCC[N-]C2.[2H-].[W]. The van der Waals surface area contributed by atoms with Gasteiger partial charge in [0.15, 0.2) is 0 Å². The van der Waals surface area contributed by atoms with E-state index in [0.29, 0.717) is 5.78 Å². The van der Waals surface area contributed by atoms with E-state index in [4.69, 9.17) is 0 Å². The molecule has 0 aromatic carbocycles. The molecule has 2 rings (SSSR count). The Morgan fingerprint density at radius 3 is 2.36 bits per heavy atom. The quantitative estimate of drug-likeness (QED) is 0.647. The molecule has 1 aliphatic carbocycles. The number of ketones is 1. The number of carbonyl (C=O) groups is 1. The molecule has 2 nitrogen and oxygen atoms in total. The summed E-state index contributed by atoms with van der Waals surface area (Å²) in [5.41, 5.74) is 0.0260. The minimum atomic E-state index is 0. The normalized spacial score (nSPS) is 30.6. The topological polar surface area (TPSA) is 31.2 Å². The van der Waals surface area contributed by atoms with E-state index in [-0.39, 0.29) is 27.9 Å². The molecule has 1 saturated heterocycles. The molecule has 1 spiro atoms. The van der Waals surface area contributed by atoms with Gasteiger partial charge in [0.1, 0.15) is 5.78 Å². The van der Waals surface area contributed by atoms with Crippen LogP contribution < -0.4 is 0 Å². The van der Waals surface area contributed by atoms with Crippen molar-refractivity contribution < 1.29 is 27.3 Å². The first-order valence-electron chi connectivity index (χ1n) is 5.50. The molecule has 14 heavy (non-hydrogen) atoms. The first-order chi connectivity index (χ1) is 6.33. The molecular weight excluding hydrogens is 346 g/mol. The van der Waals surface area contributed by atoms with E-state index in [2.05, 4.69) is 5.32 Å². The van der Waals surface area contributed by atoms with Crippen molar-refractivity contribution in [3.63, 3.8) is 0 Å². The fourth-order valence-electron chi connectivity index (χ4n) is 2.32. The summed E-state index contributed by atoms with van der Waals surface area (Å²) < 4.78 is 0. The van der Waals surface area contributed by atoms with Crippen LogP contribution in [0.5, 0.6) is 0 Å². The van der Waals surface area contributed by atoms with E-state index in [1.54, 1.807) is 0 Å². The first-order valence-corrected chi connectivity index (χ1v) is 5.50. The first kappa shape index (κ1) is 14.3. The average Bonchev–Trinajstić information content (AvgIpc) is 2.53. The molecule has 84 valence electrons. The van der Waals surface area contributed by atoms with Gasteiger partial charge in [0.2, 0.25) is 0 Å². The molecule has 3 heteroatoms. The molecule has 1 unspecified atom stereocenters. The van der Waals surface area contributed by atoms with E-state index in [0.717, 1.165) is 45.2 Å². The van der Waals surface area contributed by atoms with Gasteiger partial charge in [-0.15, -0.1) is 13.1 Å². The number of carbonyl (C=O) groups excluding carboxylic acids is 1. The number of hydrogen-bond acceptors (Lipinski definition) is 1. The molecule has 0 radical (unpaired) electrons. The number of Topliss-reactive ketones (excluding diaryl/α,β-unsaturated/α-hetero) is 1. The van der Waals surface area contributed by atoms with Crippen LogP contribution in [0.4, 0.5) is 0 Å². The van der Waals surface area contributed by atoms with Gasteiger partial charge in [-0.2, -0.15) is 0 Å². The van der Waals surface area contributed by atoms with Gasteiger partial charge in [0, 0.05) is 32.9 Å². The zero-order chi connectivity index (χ0) is 9.73. The van der Waals surface area contributed by atoms with E-state index < -0.39 is 0 Å². The van der Waals surface area contributed by atoms with Crippen LogP contribution in [0.25, 0.3) is 5.32 Å². The summed E-state index contributed by atoms with van der Waals surface area (Å²) in [5, 5.41) is 4.34. The Hall–Kier alpha value is 0.318. The predicted octanol–water partition coefficient (Wildman–Crippen LogP) is 3.03. The van der Waals surface area contributed by atoms with Crippen LogP contribution in [0.1, 0.15) is 47.4 Å². The Morgan fingerprint density at radius 2 is 1.93 bits per heavy atom. The van der Waals surface area contributed by atoms with Crippen molar-refractivity contribution in [2.75, 3.05) is 13.1 Å². The van der Waals surface area contributed by atoms with E-state index >= 15 is 0 Å². The second-order valence-electron chi connectivity index (χ2n) is 3.77. The second kappa shape index (κ2) is 6.74. The molecule has 1 aliphatic heterocycles. The summed E-state index contributed by atoms with van der Waals surface area (Å²) in [6, 6.07) is 0. The van der Waals surface area contributed by atoms with Crippen LogP contribution in [-0.4, -0.2) is 18.9 Å². The maximum Gasteiger partial charge on any atom is 0.137 e. The van der Waals surface area contributed by atoms with Gasteiger partial charge in [-0.05, 0) is 19.3 Å². The summed E-state index contributed by atoms with van der Waals surface area (Å²) in [7, 11) is 0. The van der Waals surface area contributed by atoms with Crippen LogP contribution in [-0.2, 0) is 25.9 Å². The summed E-state index contributed by atoms with van der Waals surface area (Å²) in [5.74, 6) is 0.487. The van der Waals surface area contributed by atoms with Gasteiger partial charge in [0.25, 0.3) is 0 Å². The molecule has 0 aromatic heterocycles. The van der Waals surface area contributed by atoms with E-state index in [1.807, 2.05) is 13.8 Å². The largest absolute Gasteiger partial charge is 1.00 e. The molecule has 2 aliphatic rings. The van der Waals surface area contributed by atoms with Gasteiger partial charge in [0.05, 0.1) is 0 Å². The molecular formula is C11H21NOW-2. The van der Waals surface area contributed by atoms with Crippen molar-refractivity contribution in [1.29, 1.82) is 0 Å². The Kier molecular flexibility index (Phi) is 6.89. The van der Waals surface area contributed by atoms with Crippen molar-refractivity contribution in [1.82, 2.24) is 0 Å². The van der Waals surface area contributed by atoms with Crippen molar-refractivity contribution in [2.24, 2.45) is 5.41 Å². The predicted molar refractivity (Wildman–Crippen MR) is 56.1 cm³/mol. The summed E-state index contributed by atoms with van der Waals surface area (Å²) in [6.07, 6.45) is 5.26. The average molecular weight is 368 g/mol. The van der Waals surface area contributed by atoms with E-state index in [9.17, 15) is 4.79 Å². The van der Waals surface area contributed by atoms with Crippen molar-refractivity contribution >= 4 is 5.78 Å². The fraction of sp³-hybridized carbons (Fsp3) is 0.909. The number of rotatable bonds is 0. The van der Waals surface area contributed by atoms with Gasteiger partial charge in [-0.1, -0.05) is 20.3 Å². The molecule has 1 saturated carbocycles. The van der Waals surface area contributed by atoms with Gasteiger partial charge in [-0.25, -0.2) is 0 Å².